The number of carbonyl (C=O) groups is 1. The molecule has 1 aromatic heterocycles. The number of nitrogens with zero attached hydrogens (tertiary/aromatic N) is 6. The molecule has 0 spiro atoms. The Bertz CT molecular complexity index is 1180. The molecule has 3 aliphatic heterocycles. The maximum atomic E-state index is 12.3. The van der Waals surface area contributed by atoms with Crippen molar-refractivity contribution in [3.05, 3.63) is 53.2 Å². The summed E-state index contributed by atoms with van der Waals surface area (Å²) < 4.78 is 17.1. The van der Waals surface area contributed by atoms with Crippen LogP contribution in [0.5, 0.6) is 11.8 Å². The Hall–Kier alpha value is -3.21. The van der Waals surface area contributed by atoms with Gasteiger partial charge in [0.2, 0.25) is 5.91 Å². The van der Waals surface area contributed by atoms with Crippen LogP contribution < -0.4 is 14.4 Å². The summed E-state index contributed by atoms with van der Waals surface area (Å²) >= 11 is 0. The number of morpholine rings is 1. The minimum atomic E-state index is -0.0265. The van der Waals surface area contributed by atoms with E-state index in [-0.39, 0.29) is 11.9 Å². The Morgan fingerprint density at radius 3 is 2.72 bits per heavy atom. The quantitative estimate of drug-likeness (QED) is 0.448. The molecule has 10 nitrogen and oxygen atoms in total. The number of fused-ring (bicyclic) bond motifs is 1. The number of anilines is 1. The summed E-state index contributed by atoms with van der Waals surface area (Å²) in [7, 11) is 1.70. The third-order valence-corrected chi connectivity index (χ3v) is 7.88. The minimum Gasteiger partial charge on any atom is -0.497 e. The summed E-state index contributed by atoms with van der Waals surface area (Å²) in [4.78, 5) is 31.0. The highest BCUT2D eigenvalue weighted by atomic mass is 16.5. The third kappa shape index (κ3) is 6.34. The molecule has 0 saturated carbocycles. The molecule has 0 radical (unpaired) electrons. The lowest BCUT2D eigenvalue weighted by molar-refractivity contribution is -0.126. The van der Waals surface area contributed by atoms with E-state index in [0.717, 1.165) is 75.3 Å². The first kappa shape index (κ1) is 27.4. The van der Waals surface area contributed by atoms with Gasteiger partial charge in [-0.1, -0.05) is 12.6 Å². The molecule has 1 aromatic carbocycles. The van der Waals surface area contributed by atoms with Crippen LogP contribution in [-0.4, -0.2) is 103 Å². The highest BCUT2D eigenvalue weighted by molar-refractivity contribution is 5.87. The number of methoxy groups -OCH3 is 1. The second-order valence-corrected chi connectivity index (χ2v) is 10.5. The van der Waals surface area contributed by atoms with E-state index in [1.807, 2.05) is 11.0 Å². The van der Waals surface area contributed by atoms with Crippen molar-refractivity contribution in [1.82, 2.24) is 24.7 Å². The molecule has 39 heavy (non-hydrogen) atoms. The van der Waals surface area contributed by atoms with Gasteiger partial charge in [-0.05, 0) is 43.2 Å². The van der Waals surface area contributed by atoms with Crippen LogP contribution in [0.2, 0.25) is 0 Å². The highest BCUT2D eigenvalue weighted by Crippen LogP contribution is 2.34. The number of amides is 1. The summed E-state index contributed by atoms with van der Waals surface area (Å²) in [6, 6.07) is 6.75. The van der Waals surface area contributed by atoms with Crippen LogP contribution >= 0.6 is 0 Å². The molecule has 0 aliphatic carbocycles. The fraction of sp³-hybridized carbons (Fsp3) is 0.552. The Balaban J connectivity index is 1.36. The van der Waals surface area contributed by atoms with Crippen molar-refractivity contribution in [3.8, 4) is 11.8 Å². The van der Waals surface area contributed by atoms with Gasteiger partial charge in [0.15, 0.2) is 0 Å². The zero-order valence-electron chi connectivity index (χ0n) is 23.4. The molecule has 210 valence electrons. The first-order valence-corrected chi connectivity index (χ1v) is 13.8. The molecule has 0 unspecified atom stereocenters. The topological polar surface area (TPSA) is 83.5 Å². The summed E-state index contributed by atoms with van der Waals surface area (Å²) in [6.45, 7) is 16.9. The molecular weight excluding hydrogens is 496 g/mol. The molecule has 0 bridgehead atoms. The number of carbonyl (C=O) groups excluding carboxylic acids is 1. The Kier molecular flexibility index (Phi) is 8.64. The molecule has 5 rings (SSSR count). The van der Waals surface area contributed by atoms with Crippen LogP contribution in [-0.2, 0) is 29.2 Å². The van der Waals surface area contributed by atoms with E-state index in [0.29, 0.717) is 32.3 Å². The molecule has 0 N–H and O–H groups in total. The number of rotatable bonds is 9. The lowest BCUT2D eigenvalue weighted by Crippen LogP contribution is -2.54. The molecule has 2 saturated heterocycles. The van der Waals surface area contributed by atoms with E-state index in [9.17, 15) is 4.79 Å². The van der Waals surface area contributed by atoms with Gasteiger partial charge >= 0.3 is 6.01 Å². The zero-order valence-corrected chi connectivity index (χ0v) is 23.4. The van der Waals surface area contributed by atoms with Crippen molar-refractivity contribution < 1.29 is 19.0 Å². The molecule has 2 fully saturated rings. The maximum absolute atomic E-state index is 12.3. The summed E-state index contributed by atoms with van der Waals surface area (Å²) in [5, 5.41) is 0. The average Bonchev–Trinajstić information content (AvgIpc) is 3.36. The summed E-state index contributed by atoms with van der Waals surface area (Å²) in [5.74, 6) is 1.76. The number of piperazine rings is 1. The molecule has 1 amide bonds. The van der Waals surface area contributed by atoms with Crippen LogP contribution in [0.15, 0.2) is 30.9 Å². The van der Waals surface area contributed by atoms with Gasteiger partial charge in [0.25, 0.3) is 0 Å². The molecular formula is C29H40N6O4. The fourth-order valence-electron chi connectivity index (χ4n) is 5.57. The second kappa shape index (κ2) is 12.3. The Labute approximate surface area is 231 Å². The monoisotopic (exact) mass is 536 g/mol. The van der Waals surface area contributed by atoms with E-state index < -0.39 is 0 Å². The van der Waals surface area contributed by atoms with Gasteiger partial charge in [0.05, 0.1) is 26.0 Å². The van der Waals surface area contributed by atoms with E-state index >= 15 is 0 Å². The zero-order chi connectivity index (χ0) is 27.4. The van der Waals surface area contributed by atoms with Gasteiger partial charge in [0.1, 0.15) is 18.2 Å². The van der Waals surface area contributed by atoms with Crippen molar-refractivity contribution in [2.75, 3.05) is 71.1 Å². The van der Waals surface area contributed by atoms with Gasteiger partial charge in [-0.2, -0.15) is 9.97 Å². The van der Waals surface area contributed by atoms with Crippen molar-refractivity contribution in [1.29, 1.82) is 0 Å². The third-order valence-electron chi connectivity index (χ3n) is 7.88. The van der Waals surface area contributed by atoms with Crippen LogP contribution in [0.4, 0.5) is 5.82 Å². The predicted octanol–water partition coefficient (Wildman–Crippen LogP) is 2.24. The van der Waals surface area contributed by atoms with Gasteiger partial charge in [0, 0.05) is 70.5 Å². The van der Waals surface area contributed by atoms with Crippen LogP contribution in [0.25, 0.3) is 0 Å². The average molecular weight is 537 g/mol. The van der Waals surface area contributed by atoms with E-state index in [2.05, 4.69) is 47.3 Å². The van der Waals surface area contributed by atoms with Crippen molar-refractivity contribution in [2.45, 2.75) is 39.5 Å². The number of ether oxygens (including phenoxy) is 3. The van der Waals surface area contributed by atoms with Crippen molar-refractivity contribution >= 4 is 11.7 Å². The molecule has 1 atom stereocenters. The van der Waals surface area contributed by atoms with Crippen LogP contribution in [0.3, 0.4) is 0 Å². The van der Waals surface area contributed by atoms with Gasteiger partial charge < -0.3 is 24.0 Å². The number of hydrogen-bond acceptors (Lipinski definition) is 9. The lowest BCUT2D eigenvalue weighted by atomic mass is 10.1. The number of hydrogen-bond donors (Lipinski definition) is 0. The maximum Gasteiger partial charge on any atom is 0.318 e. The normalized spacial score (nSPS) is 20.1. The number of aromatic nitrogens is 2. The SMILES string of the molecule is C=CC(=O)N1CCN(c2nc(OCCN3CCOCC3)nc3c2CN(Cc2cc(OC)ccc2C)C3)[C@@H](C)C1. The predicted molar refractivity (Wildman–Crippen MR) is 149 cm³/mol. The van der Waals surface area contributed by atoms with Crippen molar-refractivity contribution in [2.24, 2.45) is 0 Å². The first-order valence-electron chi connectivity index (χ1n) is 13.8. The van der Waals surface area contributed by atoms with Gasteiger partial charge in [-0.3, -0.25) is 14.6 Å². The number of benzene rings is 1. The molecule has 4 heterocycles. The van der Waals surface area contributed by atoms with Crippen molar-refractivity contribution in [3.63, 3.8) is 0 Å². The summed E-state index contributed by atoms with van der Waals surface area (Å²) in [5.41, 5.74) is 4.63. The Morgan fingerprint density at radius 2 is 1.97 bits per heavy atom. The van der Waals surface area contributed by atoms with Crippen LogP contribution in [0.1, 0.15) is 29.3 Å². The standard InChI is InChI=1S/C29H40N6O4/c1-5-27(36)34-8-9-35(22(3)17-34)28-25-19-33(18-23-16-24(37-4)7-6-21(23)2)20-26(25)30-29(31-28)39-15-12-32-10-13-38-14-11-32/h5-7,16,22H,1,8-15,17-20H2,2-4H3/t22-/m0/s1. The second-order valence-electron chi connectivity index (χ2n) is 10.5. The van der Waals surface area contributed by atoms with Crippen LogP contribution in [0, 0.1) is 6.92 Å². The minimum absolute atomic E-state index is 0.0265. The molecule has 3 aliphatic rings. The fourth-order valence-corrected chi connectivity index (χ4v) is 5.57. The summed E-state index contributed by atoms with van der Waals surface area (Å²) in [6.07, 6.45) is 1.39. The molecule has 2 aromatic rings. The van der Waals surface area contributed by atoms with Gasteiger partial charge in [-0.25, -0.2) is 0 Å². The number of aryl methyl sites for hydroxylation is 1. The highest BCUT2D eigenvalue weighted by Gasteiger charge is 2.33. The molecule has 10 heteroatoms. The largest absolute Gasteiger partial charge is 0.497 e. The van der Waals surface area contributed by atoms with Gasteiger partial charge in [-0.15, -0.1) is 0 Å². The van der Waals surface area contributed by atoms with E-state index in [1.54, 1.807) is 7.11 Å². The van der Waals surface area contributed by atoms with E-state index in [1.165, 1.54) is 17.2 Å². The van der Waals surface area contributed by atoms with E-state index in [4.69, 9.17) is 24.2 Å². The lowest BCUT2D eigenvalue weighted by Gasteiger charge is -2.40. The first-order chi connectivity index (χ1) is 18.9. The smallest absolute Gasteiger partial charge is 0.318 e. The Morgan fingerprint density at radius 1 is 1.15 bits per heavy atom.